The first kappa shape index (κ1) is 22.0. The lowest BCUT2D eigenvalue weighted by Crippen LogP contribution is -2.41. The number of nitrogens with one attached hydrogen (secondary N) is 2. The van der Waals surface area contributed by atoms with Crippen LogP contribution in [0.5, 0.6) is 0 Å². The number of pyridine rings is 1. The average Bonchev–Trinajstić information content (AvgIpc) is 3.23. The normalized spacial score (nSPS) is 22.9. The lowest BCUT2D eigenvalue weighted by atomic mass is 9.79. The van der Waals surface area contributed by atoms with Crippen LogP contribution < -0.4 is 15.5 Å². The second-order valence-corrected chi connectivity index (χ2v) is 9.97. The molecule has 1 aromatic heterocycles. The van der Waals surface area contributed by atoms with Crippen LogP contribution in [0.4, 0.5) is 15.9 Å². The molecular formula is C25H33FN4S. The van der Waals surface area contributed by atoms with E-state index < -0.39 is 0 Å². The van der Waals surface area contributed by atoms with Crippen molar-refractivity contribution in [3.05, 3.63) is 54.0 Å². The fourth-order valence-electron chi connectivity index (χ4n) is 5.34. The summed E-state index contributed by atoms with van der Waals surface area (Å²) in [5.41, 5.74) is 2.10. The number of piperidine rings is 1. The van der Waals surface area contributed by atoms with Gasteiger partial charge in [0, 0.05) is 25.0 Å². The summed E-state index contributed by atoms with van der Waals surface area (Å²) in [5, 5.41) is 7.28. The maximum Gasteiger partial charge on any atom is 0.170 e. The van der Waals surface area contributed by atoms with Crippen LogP contribution >= 0.6 is 12.2 Å². The Kier molecular flexibility index (Phi) is 6.75. The lowest BCUT2D eigenvalue weighted by molar-refractivity contribution is 0.355. The van der Waals surface area contributed by atoms with Crippen LogP contribution in [-0.4, -0.2) is 29.7 Å². The highest BCUT2D eigenvalue weighted by Gasteiger charge is 2.35. The first-order valence-electron chi connectivity index (χ1n) is 11.5. The van der Waals surface area contributed by atoms with Crippen molar-refractivity contribution < 1.29 is 4.39 Å². The van der Waals surface area contributed by atoms with E-state index in [1.165, 1.54) is 24.8 Å². The fraction of sp³-hybridized carbons (Fsp3) is 0.520. The van der Waals surface area contributed by atoms with Crippen molar-refractivity contribution in [1.82, 2.24) is 10.3 Å². The third kappa shape index (κ3) is 5.35. The zero-order valence-electron chi connectivity index (χ0n) is 18.5. The van der Waals surface area contributed by atoms with Crippen molar-refractivity contribution in [1.29, 1.82) is 0 Å². The van der Waals surface area contributed by atoms with Crippen molar-refractivity contribution in [3.8, 4) is 0 Å². The van der Waals surface area contributed by atoms with Crippen LogP contribution in [0, 0.1) is 17.7 Å². The standard InChI is InChI=1S/C25H33FN4S/c1-18-13-19(2)16-30(15-18)23-10-9-22(14-27-23)29-24(31)28-17-25(11-3-4-12-25)20-5-7-21(26)8-6-20/h5-10,14,18-19H,3-4,11-13,15-17H2,1-2H3,(H2,28,29,31)/t18-,19-/m1/s1. The quantitative estimate of drug-likeness (QED) is 0.601. The number of nitrogens with zero attached hydrogens (tertiary/aromatic N) is 2. The van der Waals surface area contributed by atoms with Crippen molar-refractivity contribution >= 4 is 28.8 Å². The first-order chi connectivity index (χ1) is 14.9. The molecule has 2 heterocycles. The molecule has 0 unspecified atom stereocenters. The van der Waals surface area contributed by atoms with E-state index in [1.807, 2.05) is 24.4 Å². The third-order valence-corrected chi connectivity index (χ3v) is 7.05. The zero-order valence-corrected chi connectivity index (χ0v) is 19.4. The Bertz CT molecular complexity index is 867. The molecule has 6 heteroatoms. The number of rotatable bonds is 5. The smallest absolute Gasteiger partial charge is 0.170 e. The first-order valence-corrected chi connectivity index (χ1v) is 11.9. The molecule has 1 aliphatic heterocycles. The minimum Gasteiger partial charge on any atom is -0.362 e. The summed E-state index contributed by atoms with van der Waals surface area (Å²) in [4.78, 5) is 7.05. The number of halogens is 1. The van der Waals surface area contributed by atoms with Crippen LogP contribution in [-0.2, 0) is 5.41 Å². The predicted molar refractivity (Wildman–Crippen MR) is 130 cm³/mol. The highest BCUT2D eigenvalue weighted by atomic mass is 32.1. The van der Waals surface area contributed by atoms with Crippen molar-refractivity contribution in [2.24, 2.45) is 11.8 Å². The summed E-state index contributed by atoms with van der Waals surface area (Å²) in [6.45, 7) is 7.50. The highest BCUT2D eigenvalue weighted by molar-refractivity contribution is 7.80. The van der Waals surface area contributed by atoms with E-state index in [-0.39, 0.29) is 11.2 Å². The minimum atomic E-state index is -0.188. The minimum absolute atomic E-state index is 0.0171. The van der Waals surface area contributed by atoms with Gasteiger partial charge in [0.15, 0.2) is 5.11 Å². The second kappa shape index (κ2) is 9.51. The summed E-state index contributed by atoms with van der Waals surface area (Å²) in [5.74, 6) is 2.24. The van der Waals surface area contributed by atoms with Crippen molar-refractivity contribution in [2.75, 3.05) is 29.9 Å². The molecule has 2 aliphatic rings. The summed E-state index contributed by atoms with van der Waals surface area (Å²) in [6.07, 6.45) is 7.72. The molecule has 4 rings (SSSR count). The highest BCUT2D eigenvalue weighted by Crippen LogP contribution is 2.40. The van der Waals surface area contributed by atoms with E-state index in [2.05, 4.69) is 40.4 Å². The van der Waals surface area contributed by atoms with E-state index in [9.17, 15) is 4.39 Å². The van der Waals surface area contributed by atoms with Gasteiger partial charge in [-0.05, 0) is 73.1 Å². The number of hydrogen-bond acceptors (Lipinski definition) is 3. The van der Waals surface area contributed by atoms with Crippen LogP contribution in [0.3, 0.4) is 0 Å². The Morgan fingerprint density at radius 3 is 2.39 bits per heavy atom. The molecule has 4 nitrogen and oxygen atoms in total. The number of benzene rings is 1. The molecule has 1 aliphatic carbocycles. The van der Waals surface area contributed by atoms with E-state index in [1.54, 1.807) is 12.1 Å². The summed E-state index contributed by atoms with van der Waals surface area (Å²) in [7, 11) is 0. The van der Waals surface area contributed by atoms with E-state index in [0.717, 1.165) is 44.0 Å². The van der Waals surface area contributed by atoms with Gasteiger partial charge in [0.05, 0.1) is 11.9 Å². The van der Waals surface area contributed by atoms with Gasteiger partial charge in [-0.25, -0.2) is 9.37 Å². The van der Waals surface area contributed by atoms with Crippen LogP contribution in [0.25, 0.3) is 0 Å². The summed E-state index contributed by atoms with van der Waals surface area (Å²) >= 11 is 5.56. The van der Waals surface area contributed by atoms with Crippen LogP contribution in [0.15, 0.2) is 42.6 Å². The Balaban J connectivity index is 1.34. The van der Waals surface area contributed by atoms with Gasteiger partial charge in [0.2, 0.25) is 0 Å². The van der Waals surface area contributed by atoms with E-state index >= 15 is 0 Å². The molecule has 1 saturated carbocycles. The molecule has 1 aromatic carbocycles. The molecule has 0 amide bonds. The predicted octanol–water partition coefficient (Wildman–Crippen LogP) is 5.50. The van der Waals surface area contributed by atoms with E-state index in [0.29, 0.717) is 16.9 Å². The average molecular weight is 441 g/mol. The summed E-state index contributed by atoms with van der Waals surface area (Å²) < 4.78 is 13.4. The van der Waals surface area contributed by atoms with Gasteiger partial charge in [-0.1, -0.05) is 38.8 Å². The molecule has 166 valence electrons. The number of aromatic nitrogens is 1. The zero-order chi connectivity index (χ0) is 21.8. The molecule has 2 fully saturated rings. The number of thiocarbonyl (C=S) groups is 1. The van der Waals surface area contributed by atoms with Crippen molar-refractivity contribution in [3.63, 3.8) is 0 Å². The molecule has 0 spiro atoms. The second-order valence-electron chi connectivity index (χ2n) is 9.56. The molecule has 31 heavy (non-hydrogen) atoms. The van der Waals surface area contributed by atoms with Gasteiger partial charge < -0.3 is 15.5 Å². The van der Waals surface area contributed by atoms with Gasteiger partial charge in [0.25, 0.3) is 0 Å². The van der Waals surface area contributed by atoms with E-state index in [4.69, 9.17) is 12.2 Å². The molecule has 2 aromatic rings. The maximum absolute atomic E-state index is 13.4. The molecule has 2 N–H and O–H groups in total. The SMILES string of the molecule is C[C@@H]1C[C@@H](C)CN(c2ccc(NC(=S)NCC3(c4ccc(F)cc4)CCCC3)cn2)C1. The summed E-state index contributed by atoms with van der Waals surface area (Å²) in [6, 6.07) is 11.1. The van der Waals surface area contributed by atoms with Crippen LogP contribution in [0.2, 0.25) is 0 Å². The molecular weight excluding hydrogens is 407 g/mol. The Labute approximate surface area is 190 Å². The number of hydrogen-bond donors (Lipinski definition) is 2. The number of anilines is 2. The Hall–Kier alpha value is -2.21. The van der Waals surface area contributed by atoms with Gasteiger partial charge in [-0.3, -0.25) is 0 Å². The Morgan fingerprint density at radius 1 is 1.10 bits per heavy atom. The fourth-order valence-corrected chi connectivity index (χ4v) is 5.53. The molecule has 0 bridgehead atoms. The maximum atomic E-state index is 13.4. The Morgan fingerprint density at radius 2 is 1.77 bits per heavy atom. The van der Waals surface area contributed by atoms with Gasteiger partial charge >= 0.3 is 0 Å². The topological polar surface area (TPSA) is 40.2 Å². The largest absolute Gasteiger partial charge is 0.362 e. The molecule has 1 saturated heterocycles. The van der Waals surface area contributed by atoms with Crippen molar-refractivity contribution in [2.45, 2.75) is 51.4 Å². The molecule has 0 radical (unpaired) electrons. The van der Waals surface area contributed by atoms with Gasteiger partial charge in [0.1, 0.15) is 11.6 Å². The monoisotopic (exact) mass is 440 g/mol. The van der Waals surface area contributed by atoms with Crippen LogP contribution in [0.1, 0.15) is 51.5 Å². The van der Waals surface area contributed by atoms with Gasteiger partial charge in [-0.2, -0.15) is 0 Å². The van der Waals surface area contributed by atoms with Gasteiger partial charge in [-0.15, -0.1) is 0 Å². The third-order valence-electron chi connectivity index (χ3n) is 6.80. The molecule has 2 atom stereocenters. The lowest BCUT2D eigenvalue weighted by Gasteiger charge is -2.35.